The fourth-order valence-electron chi connectivity index (χ4n) is 4.16. The van der Waals surface area contributed by atoms with Crippen molar-refractivity contribution in [3.05, 3.63) is 84.4 Å². The fraction of sp³-hybridized carbons (Fsp3) is 0.320. The van der Waals surface area contributed by atoms with Gasteiger partial charge < -0.3 is 9.64 Å². The van der Waals surface area contributed by atoms with Gasteiger partial charge in [-0.1, -0.05) is 36.4 Å². The maximum atomic E-state index is 13.3. The summed E-state index contributed by atoms with van der Waals surface area (Å²) in [5, 5.41) is 0. The molecule has 0 radical (unpaired) electrons. The highest BCUT2D eigenvalue weighted by atomic mass is 16.5. The normalized spacial score (nSPS) is 19.2. The summed E-state index contributed by atoms with van der Waals surface area (Å²) in [5.41, 5.74) is 3.27. The Bertz CT molecular complexity index is 1010. The van der Waals surface area contributed by atoms with E-state index < -0.39 is 5.60 Å². The average molecular weight is 417 g/mol. The Kier molecular flexibility index (Phi) is 6.39. The van der Waals surface area contributed by atoms with Gasteiger partial charge >= 0.3 is 0 Å². The molecule has 1 amide bonds. The van der Waals surface area contributed by atoms with Gasteiger partial charge in [-0.25, -0.2) is 0 Å². The van der Waals surface area contributed by atoms with Gasteiger partial charge in [0.2, 0.25) is 0 Å². The van der Waals surface area contributed by atoms with Gasteiger partial charge in [0.1, 0.15) is 0 Å². The minimum absolute atomic E-state index is 0.00926. The van der Waals surface area contributed by atoms with E-state index in [2.05, 4.69) is 33.1 Å². The van der Waals surface area contributed by atoms with Crippen molar-refractivity contribution in [2.45, 2.75) is 18.6 Å². The van der Waals surface area contributed by atoms with Crippen LogP contribution in [0, 0.1) is 0 Å². The van der Waals surface area contributed by atoms with Crippen LogP contribution < -0.4 is 0 Å². The van der Waals surface area contributed by atoms with Crippen molar-refractivity contribution >= 4 is 5.91 Å². The maximum absolute atomic E-state index is 13.3. The number of rotatable bonds is 6. The molecule has 1 aliphatic heterocycles. The predicted molar refractivity (Wildman–Crippen MR) is 120 cm³/mol. The van der Waals surface area contributed by atoms with Crippen molar-refractivity contribution in [3.63, 3.8) is 0 Å². The summed E-state index contributed by atoms with van der Waals surface area (Å²) in [5.74, 6) is -0.00926. The molecule has 1 aromatic carbocycles. The van der Waals surface area contributed by atoms with Crippen LogP contribution in [0.25, 0.3) is 11.1 Å². The molecule has 1 fully saturated rings. The van der Waals surface area contributed by atoms with E-state index in [1.54, 1.807) is 31.4 Å². The lowest BCUT2D eigenvalue weighted by atomic mass is 9.89. The molecule has 4 rings (SSSR count). The molecule has 1 saturated heterocycles. The van der Waals surface area contributed by atoms with Crippen molar-refractivity contribution in [3.8, 4) is 11.1 Å². The number of amides is 1. The summed E-state index contributed by atoms with van der Waals surface area (Å²) in [6, 6.07) is 18.2. The maximum Gasteiger partial charge on any atom is 0.255 e. The number of carbonyl (C=O) groups excluding carboxylic acids is 1. The number of benzene rings is 1. The molecule has 0 spiro atoms. The van der Waals surface area contributed by atoms with E-state index in [0.29, 0.717) is 26.1 Å². The van der Waals surface area contributed by atoms with E-state index in [1.165, 1.54) is 0 Å². The number of hydrogen-bond donors (Lipinski definition) is 0. The van der Waals surface area contributed by atoms with Crippen LogP contribution in [0.4, 0.5) is 0 Å². The fourth-order valence-corrected chi connectivity index (χ4v) is 4.16. The molecule has 0 bridgehead atoms. The lowest BCUT2D eigenvalue weighted by Crippen LogP contribution is -2.60. The first kappa shape index (κ1) is 21.2. The van der Waals surface area contributed by atoms with Gasteiger partial charge in [0.15, 0.2) is 5.60 Å². The summed E-state index contributed by atoms with van der Waals surface area (Å²) in [7, 11) is 3.58. The number of nitrogens with zero attached hydrogens (tertiary/aromatic N) is 4. The molecule has 3 heterocycles. The van der Waals surface area contributed by atoms with Crippen LogP contribution >= 0.6 is 0 Å². The third-order valence-electron chi connectivity index (χ3n) is 5.58. The first-order valence-corrected chi connectivity index (χ1v) is 10.5. The number of carbonyl (C=O) groups is 1. The van der Waals surface area contributed by atoms with Gasteiger partial charge in [-0.15, -0.1) is 0 Å². The van der Waals surface area contributed by atoms with Crippen LogP contribution in [0.1, 0.15) is 11.3 Å². The molecule has 6 heteroatoms. The second kappa shape index (κ2) is 9.37. The van der Waals surface area contributed by atoms with Crippen LogP contribution in [0.5, 0.6) is 0 Å². The Balaban J connectivity index is 1.60. The van der Waals surface area contributed by atoms with Crippen molar-refractivity contribution in [2.75, 3.05) is 33.8 Å². The number of morpholine rings is 1. The van der Waals surface area contributed by atoms with Gasteiger partial charge in [-0.05, 0) is 34.9 Å². The van der Waals surface area contributed by atoms with Crippen LogP contribution in [-0.2, 0) is 22.5 Å². The molecule has 0 saturated carbocycles. The largest absolute Gasteiger partial charge is 0.362 e. The van der Waals surface area contributed by atoms with Gasteiger partial charge in [-0.3, -0.25) is 19.7 Å². The molecule has 160 valence electrons. The molecule has 3 aromatic rings. The first-order valence-electron chi connectivity index (χ1n) is 10.5. The standard InChI is InChI=1S/C25H28N4O2/c1-28(2)24(30)25(19-29(13-14-31-25)18-23-10-3-4-12-27-23)16-20-7-5-8-21(15-20)22-9-6-11-26-17-22/h3-12,15,17H,13-14,16,18-19H2,1-2H3. The molecule has 0 N–H and O–H groups in total. The minimum Gasteiger partial charge on any atom is -0.362 e. The van der Waals surface area contributed by atoms with Gasteiger partial charge in [-0.2, -0.15) is 0 Å². The zero-order chi connectivity index (χ0) is 21.7. The van der Waals surface area contributed by atoms with Crippen molar-refractivity contribution < 1.29 is 9.53 Å². The summed E-state index contributed by atoms with van der Waals surface area (Å²) in [4.78, 5) is 25.9. The van der Waals surface area contributed by atoms with Gasteiger partial charge in [0, 0.05) is 58.7 Å². The number of ether oxygens (including phenoxy) is 1. The highest BCUT2D eigenvalue weighted by Crippen LogP contribution is 2.28. The summed E-state index contributed by atoms with van der Waals surface area (Å²) >= 11 is 0. The monoisotopic (exact) mass is 416 g/mol. The summed E-state index contributed by atoms with van der Waals surface area (Å²) < 4.78 is 6.24. The topological polar surface area (TPSA) is 58.6 Å². The lowest BCUT2D eigenvalue weighted by Gasteiger charge is -2.42. The number of likely N-dealkylation sites (N-methyl/N-ethyl adjacent to an activating group) is 1. The van der Waals surface area contributed by atoms with Gasteiger partial charge in [0.25, 0.3) is 5.91 Å². The third-order valence-corrected chi connectivity index (χ3v) is 5.58. The van der Waals surface area contributed by atoms with Crippen molar-refractivity contribution in [1.82, 2.24) is 19.8 Å². The van der Waals surface area contributed by atoms with Crippen molar-refractivity contribution in [2.24, 2.45) is 0 Å². The Morgan fingerprint density at radius 1 is 1.10 bits per heavy atom. The molecule has 2 aromatic heterocycles. The van der Waals surface area contributed by atoms with Crippen molar-refractivity contribution in [1.29, 1.82) is 0 Å². The van der Waals surface area contributed by atoms with Crippen LogP contribution in [0.15, 0.2) is 73.2 Å². The Hall–Kier alpha value is -3.09. The SMILES string of the molecule is CN(C)C(=O)C1(Cc2cccc(-c3cccnc3)c2)CN(Cc2ccccn2)CCO1. The summed E-state index contributed by atoms with van der Waals surface area (Å²) in [6.45, 7) is 2.50. The van der Waals surface area contributed by atoms with E-state index >= 15 is 0 Å². The second-order valence-corrected chi connectivity index (χ2v) is 8.19. The van der Waals surface area contributed by atoms with E-state index in [0.717, 1.165) is 28.9 Å². The number of aromatic nitrogens is 2. The molecule has 1 atom stereocenters. The molecular formula is C25H28N4O2. The van der Waals surface area contributed by atoms with Gasteiger partial charge in [0.05, 0.1) is 12.3 Å². The number of pyridine rings is 2. The van der Waals surface area contributed by atoms with E-state index in [9.17, 15) is 4.79 Å². The van der Waals surface area contributed by atoms with E-state index in [4.69, 9.17) is 4.74 Å². The third kappa shape index (κ3) is 4.98. The molecule has 0 aliphatic carbocycles. The molecule has 1 aliphatic rings. The zero-order valence-electron chi connectivity index (χ0n) is 18.1. The molecule has 1 unspecified atom stereocenters. The highest BCUT2D eigenvalue weighted by Gasteiger charge is 2.44. The molecule has 6 nitrogen and oxygen atoms in total. The quantitative estimate of drug-likeness (QED) is 0.618. The minimum atomic E-state index is -0.926. The van der Waals surface area contributed by atoms with E-state index in [-0.39, 0.29) is 5.91 Å². The molecule has 31 heavy (non-hydrogen) atoms. The number of hydrogen-bond acceptors (Lipinski definition) is 5. The average Bonchev–Trinajstić information content (AvgIpc) is 2.80. The van der Waals surface area contributed by atoms with Crippen LogP contribution in [0.3, 0.4) is 0 Å². The zero-order valence-corrected chi connectivity index (χ0v) is 18.1. The predicted octanol–water partition coefficient (Wildman–Crippen LogP) is 3.05. The first-order chi connectivity index (χ1) is 15.1. The smallest absolute Gasteiger partial charge is 0.255 e. The van der Waals surface area contributed by atoms with E-state index in [1.807, 2.05) is 42.6 Å². The Morgan fingerprint density at radius 3 is 2.71 bits per heavy atom. The lowest BCUT2D eigenvalue weighted by molar-refractivity contribution is -0.169. The van der Waals surface area contributed by atoms with Crippen LogP contribution in [0.2, 0.25) is 0 Å². The molecular weight excluding hydrogens is 388 g/mol. The highest BCUT2D eigenvalue weighted by molar-refractivity contribution is 5.86. The Labute approximate surface area is 183 Å². The summed E-state index contributed by atoms with van der Waals surface area (Å²) in [6.07, 6.45) is 5.93. The Morgan fingerprint density at radius 2 is 1.97 bits per heavy atom. The second-order valence-electron chi connectivity index (χ2n) is 8.19. The van der Waals surface area contributed by atoms with Crippen LogP contribution in [-0.4, -0.2) is 65.1 Å².